The van der Waals surface area contributed by atoms with E-state index in [0.717, 1.165) is 33.5 Å². The van der Waals surface area contributed by atoms with Gasteiger partial charge in [0.2, 0.25) is 0 Å². The molecule has 5 heteroatoms. The summed E-state index contributed by atoms with van der Waals surface area (Å²) < 4.78 is 5.16. The molecule has 2 aromatic rings. The van der Waals surface area contributed by atoms with E-state index < -0.39 is 0 Å². The van der Waals surface area contributed by atoms with Gasteiger partial charge in [-0.05, 0) is 87.5 Å². The van der Waals surface area contributed by atoms with Crippen molar-refractivity contribution in [1.29, 1.82) is 0 Å². The fourth-order valence-corrected chi connectivity index (χ4v) is 4.38. The average Bonchev–Trinajstić information content (AvgIpc) is 2.27. The molecule has 0 aliphatic rings. The molecule has 0 saturated heterocycles. The van der Waals surface area contributed by atoms with Crippen LogP contribution in [0.2, 0.25) is 0 Å². The van der Waals surface area contributed by atoms with E-state index in [1.807, 2.05) is 18.2 Å². The highest BCUT2D eigenvalue weighted by Gasteiger charge is 2.14. The van der Waals surface area contributed by atoms with Crippen LogP contribution in [0.5, 0.6) is 0 Å². The van der Waals surface area contributed by atoms with Gasteiger partial charge in [0.25, 0.3) is 0 Å². The lowest BCUT2D eigenvalue weighted by Gasteiger charge is -2.11. The fraction of sp³-hybridized carbons (Fsp3) is 0. The van der Waals surface area contributed by atoms with Crippen LogP contribution in [-0.4, -0.2) is 0 Å². The van der Waals surface area contributed by atoms with E-state index in [1.165, 1.54) is 0 Å². The van der Waals surface area contributed by atoms with Crippen LogP contribution in [0.3, 0.4) is 0 Å². The van der Waals surface area contributed by atoms with Crippen LogP contribution in [0.1, 0.15) is 0 Å². The molecule has 88 valence electrons. The zero-order chi connectivity index (χ0) is 12.6. The van der Waals surface area contributed by atoms with Crippen molar-refractivity contribution in [3.8, 4) is 11.1 Å². The van der Waals surface area contributed by atoms with Crippen LogP contribution in [-0.2, 0) is 0 Å². The molecular weight excluding hydrogens is 544 g/mol. The van der Waals surface area contributed by atoms with Crippen LogP contribution in [0, 0.1) is 0 Å². The number of rotatable bonds is 1. The largest absolute Gasteiger partial charge is 0.0605 e. The van der Waals surface area contributed by atoms with Gasteiger partial charge in [-0.15, -0.1) is 0 Å². The Morgan fingerprint density at radius 1 is 0.706 bits per heavy atom. The van der Waals surface area contributed by atoms with Gasteiger partial charge in [-0.1, -0.05) is 28.1 Å². The third kappa shape index (κ3) is 3.06. The van der Waals surface area contributed by atoms with Gasteiger partial charge in [0.15, 0.2) is 0 Å². The van der Waals surface area contributed by atoms with E-state index >= 15 is 0 Å². The van der Waals surface area contributed by atoms with E-state index in [4.69, 9.17) is 0 Å². The first-order chi connectivity index (χ1) is 8.00. The van der Waals surface area contributed by atoms with Crippen molar-refractivity contribution in [2.75, 3.05) is 0 Å². The maximum Gasteiger partial charge on any atom is 0.0408 e. The molecule has 0 atom stereocenters. The molecule has 17 heavy (non-hydrogen) atoms. The quantitative estimate of drug-likeness (QED) is 0.332. The molecule has 0 fully saturated rings. The minimum absolute atomic E-state index is 1.02. The minimum atomic E-state index is 1.02. The Balaban J connectivity index is 2.75. The lowest BCUT2D eigenvalue weighted by molar-refractivity contribution is 1.48. The molecule has 0 nitrogen and oxygen atoms in total. The molecule has 0 aliphatic heterocycles. The predicted molar refractivity (Wildman–Crippen MR) is 90.4 cm³/mol. The molecule has 0 saturated carbocycles. The molecule has 0 amide bonds. The summed E-state index contributed by atoms with van der Waals surface area (Å²) in [5.74, 6) is 0. The maximum atomic E-state index is 3.61. The first-order valence-corrected chi connectivity index (χ1v) is 8.56. The van der Waals surface area contributed by atoms with E-state index in [2.05, 4.69) is 91.8 Å². The van der Waals surface area contributed by atoms with Crippen molar-refractivity contribution in [3.63, 3.8) is 0 Å². The third-order valence-electron chi connectivity index (χ3n) is 2.23. The van der Waals surface area contributed by atoms with Gasteiger partial charge in [0.1, 0.15) is 0 Å². The first kappa shape index (κ1) is 14.3. The fourth-order valence-electron chi connectivity index (χ4n) is 1.47. The lowest BCUT2D eigenvalue weighted by atomic mass is 10.1. The summed E-state index contributed by atoms with van der Waals surface area (Å²) in [5.41, 5.74) is 2.26. The van der Waals surface area contributed by atoms with Crippen molar-refractivity contribution in [2.45, 2.75) is 0 Å². The van der Waals surface area contributed by atoms with Crippen molar-refractivity contribution < 1.29 is 0 Å². The monoisotopic (exact) mass is 544 g/mol. The van der Waals surface area contributed by atoms with Crippen molar-refractivity contribution in [1.82, 2.24) is 0 Å². The molecule has 2 aromatic carbocycles. The molecule has 0 N–H and O–H groups in total. The highest BCUT2D eigenvalue weighted by Crippen LogP contribution is 2.44. The van der Waals surface area contributed by atoms with Gasteiger partial charge in [0, 0.05) is 27.9 Å². The first-order valence-electron chi connectivity index (χ1n) is 4.59. The van der Waals surface area contributed by atoms with E-state index in [9.17, 15) is 0 Å². The average molecular weight is 549 g/mol. The van der Waals surface area contributed by atoms with Crippen LogP contribution < -0.4 is 0 Å². The van der Waals surface area contributed by atoms with Crippen LogP contribution in [0.25, 0.3) is 11.1 Å². The van der Waals surface area contributed by atoms with E-state index in [0.29, 0.717) is 0 Å². The Morgan fingerprint density at radius 3 is 1.82 bits per heavy atom. The molecule has 2 rings (SSSR count). The third-order valence-corrected chi connectivity index (χ3v) is 6.68. The molecule has 0 aromatic heterocycles. The molecule has 0 bridgehead atoms. The maximum absolute atomic E-state index is 3.61. The van der Waals surface area contributed by atoms with Gasteiger partial charge in [-0.2, -0.15) is 0 Å². The second-order valence-corrected chi connectivity index (χ2v) is 7.56. The smallest absolute Gasteiger partial charge is 0.0408 e. The number of benzene rings is 2. The molecular formula is C12H5Br5. The zero-order valence-corrected chi connectivity index (χ0v) is 16.2. The summed E-state index contributed by atoms with van der Waals surface area (Å²) >= 11 is 17.8. The lowest BCUT2D eigenvalue weighted by Crippen LogP contribution is -1.85. The summed E-state index contributed by atoms with van der Waals surface area (Å²) in [5, 5.41) is 0. The Labute approximate surface area is 142 Å². The van der Waals surface area contributed by atoms with Gasteiger partial charge in [0.05, 0.1) is 0 Å². The Kier molecular flexibility index (Phi) is 4.92. The van der Waals surface area contributed by atoms with Gasteiger partial charge >= 0.3 is 0 Å². The summed E-state index contributed by atoms with van der Waals surface area (Å²) in [6.45, 7) is 0. The topological polar surface area (TPSA) is 0 Å². The van der Waals surface area contributed by atoms with Crippen molar-refractivity contribution >= 4 is 79.6 Å². The minimum Gasteiger partial charge on any atom is -0.0605 e. The van der Waals surface area contributed by atoms with E-state index in [-0.39, 0.29) is 0 Å². The summed E-state index contributed by atoms with van der Waals surface area (Å²) in [7, 11) is 0. The van der Waals surface area contributed by atoms with Crippen LogP contribution >= 0.6 is 79.6 Å². The summed E-state index contributed by atoms with van der Waals surface area (Å²) in [6.07, 6.45) is 0. The molecule has 0 radical (unpaired) electrons. The molecule has 0 aliphatic carbocycles. The van der Waals surface area contributed by atoms with E-state index in [1.54, 1.807) is 0 Å². The predicted octanol–water partition coefficient (Wildman–Crippen LogP) is 7.17. The number of halogens is 5. The highest BCUT2D eigenvalue weighted by atomic mass is 79.9. The highest BCUT2D eigenvalue weighted by molar-refractivity contribution is 9.14. The normalized spacial score (nSPS) is 10.6. The van der Waals surface area contributed by atoms with Gasteiger partial charge in [-0.3, -0.25) is 0 Å². The second kappa shape index (κ2) is 5.87. The van der Waals surface area contributed by atoms with Gasteiger partial charge < -0.3 is 0 Å². The SMILES string of the molecule is Brc1cccc(-c2c(Br)c(Br)cc(Br)c2Br)c1. The Bertz CT molecular complexity index is 551. The number of hydrogen-bond donors (Lipinski definition) is 0. The summed E-state index contributed by atoms with van der Waals surface area (Å²) in [6, 6.07) is 10.2. The molecule has 0 heterocycles. The standard InChI is InChI=1S/C12H5Br5/c13-7-3-1-2-6(4-7)10-11(16)8(14)5-9(15)12(10)17/h1-5H. The van der Waals surface area contributed by atoms with Crippen molar-refractivity contribution in [3.05, 3.63) is 52.7 Å². The Hall–Kier alpha value is 0.840. The van der Waals surface area contributed by atoms with Crippen LogP contribution in [0.15, 0.2) is 52.7 Å². The van der Waals surface area contributed by atoms with Crippen molar-refractivity contribution in [2.24, 2.45) is 0 Å². The number of hydrogen-bond acceptors (Lipinski definition) is 0. The second-order valence-electron chi connectivity index (χ2n) is 3.35. The molecule has 0 unspecified atom stereocenters. The van der Waals surface area contributed by atoms with Crippen LogP contribution in [0.4, 0.5) is 0 Å². The van der Waals surface area contributed by atoms with Gasteiger partial charge in [-0.25, -0.2) is 0 Å². The molecule has 0 spiro atoms. The summed E-state index contributed by atoms with van der Waals surface area (Å²) in [4.78, 5) is 0. The Morgan fingerprint density at radius 2 is 1.29 bits per heavy atom. The zero-order valence-electron chi connectivity index (χ0n) is 8.28.